The van der Waals surface area contributed by atoms with Crippen molar-refractivity contribution in [3.05, 3.63) is 101 Å². The molecule has 2 aliphatic heterocycles. The van der Waals surface area contributed by atoms with Gasteiger partial charge in [0.2, 0.25) is 5.91 Å². The number of pyridine rings is 1. The molecule has 7 nitrogen and oxygen atoms in total. The van der Waals surface area contributed by atoms with Gasteiger partial charge in [-0.25, -0.2) is 0 Å². The molecule has 4 aromatic rings. The number of nitrogens with zero attached hydrogens (tertiary/aromatic N) is 3. The number of hydrogen-bond acceptors (Lipinski definition) is 5. The summed E-state index contributed by atoms with van der Waals surface area (Å²) in [5.41, 5.74) is 6.19. The first-order valence-corrected chi connectivity index (χ1v) is 13.4. The number of fused-ring (bicyclic) bond motifs is 2. The molecule has 0 unspecified atom stereocenters. The van der Waals surface area contributed by atoms with Gasteiger partial charge in [-0.2, -0.15) is 0 Å². The van der Waals surface area contributed by atoms with E-state index in [9.17, 15) is 9.59 Å². The van der Waals surface area contributed by atoms with Gasteiger partial charge >= 0.3 is 0 Å². The van der Waals surface area contributed by atoms with Crippen LogP contribution >= 0.6 is 11.6 Å². The Morgan fingerprint density at radius 3 is 2.59 bits per heavy atom. The number of likely N-dealkylation sites (N-methyl/N-ethyl adjacent to an activating group) is 1. The Hall–Kier alpha value is -4.20. The third-order valence-corrected chi connectivity index (χ3v) is 7.54. The minimum atomic E-state index is -0.199. The van der Waals surface area contributed by atoms with E-state index in [0.29, 0.717) is 28.4 Å². The first-order valence-electron chi connectivity index (χ1n) is 13.0. The van der Waals surface area contributed by atoms with Crippen molar-refractivity contribution in [3.63, 3.8) is 0 Å². The van der Waals surface area contributed by atoms with Gasteiger partial charge in [0.15, 0.2) is 0 Å². The Kier molecular flexibility index (Phi) is 6.77. The molecule has 0 aliphatic carbocycles. The van der Waals surface area contributed by atoms with Crippen LogP contribution in [0.2, 0.25) is 5.02 Å². The lowest BCUT2D eigenvalue weighted by molar-refractivity contribution is -0.132. The number of carbonyl (C=O) groups excluding carboxylic acids is 2. The van der Waals surface area contributed by atoms with Crippen molar-refractivity contribution >= 4 is 57.0 Å². The van der Waals surface area contributed by atoms with Crippen molar-refractivity contribution in [1.29, 1.82) is 0 Å². The second-order valence-electron chi connectivity index (χ2n) is 9.99. The standard InChI is InChI=1S/C31H28ClN5O2/c1-36-13-15-37(16-14-36)28(38)17-20-4-8-24(9-5-20)34-30(22-6-11-26-21(18-22)3-2-12-33-26)29-25-10-7-23(32)19-27(25)35-31(29)39/h2-12,18-19,34H,13-17H2,1H3,(H,35,39)/b30-29-. The Morgan fingerprint density at radius 1 is 1.00 bits per heavy atom. The minimum absolute atomic E-state index is 0.147. The van der Waals surface area contributed by atoms with Crippen molar-refractivity contribution in [2.24, 2.45) is 0 Å². The van der Waals surface area contributed by atoms with Gasteiger partial charge in [-0.05, 0) is 60.6 Å². The smallest absolute Gasteiger partial charge is 0.258 e. The molecule has 0 saturated carbocycles. The number of halogens is 1. The van der Waals surface area contributed by atoms with Gasteiger partial charge in [0, 0.05) is 54.0 Å². The molecule has 0 spiro atoms. The summed E-state index contributed by atoms with van der Waals surface area (Å²) in [6.07, 6.45) is 2.13. The highest BCUT2D eigenvalue weighted by Crippen LogP contribution is 2.39. The van der Waals surface area contributed by atoms with E-state index in [0.717, 1.165) is 59.5 Å². The SMILES string of the molecule is CN1CCN(C(=O)Cc2ccc(N/C(=C3\C(=O)Nc4cc(Cl)ccc43)c3ccc4ncccc4c3)cc2)CC1. The van der Waals surface area contributed by atoms with E-state index in [4.69, 9.17) is 11.6 Å². The van der Waals surface area contributed by atoms with E-state index < -0.39 is 0 Å². The zero-order valence-corrected chi connectivity index (χ0v) is 22.3. The highest BCUT2D eigenvalue weighted by Gasteiger charge is 2.29. The van der Waals surface area contributed by atoms with Crippen molar-refractivity contribution in [2.75, 3.05) is 43.9 Å². The molecule has 2 amide bonds. The fourth-order valence-electron chi connectivity index (χ4n) is 5.10. The molecule has 8 heteroatoms. The normalized spacial score (nSPS) is 16.7. The molecule has 1 aromatic heterocycles. The molecule has 39 heavy (non-hydrogen) atoms. The largest absolute Gasteiger partial charge is 0.354 e. The fraction of sp³-hybridized carbons (Fsp3) is 0.194. The molecule has 0 bridgehead atoms. The van der Waals surface area contributed by atoms with E-state index in [-0.39, 0.29) is 11.8 Å². The van der Waals surface area contributed by atoms with Crippen LogP contribution in [-0.2, 0) is 16.0 Å². The van der Waals surface area contributed by atoms with E-state index in [1.165, 1.54) is 0 Å². The molecule has 196 valence electrons. The Morgan fingerprint density at radius 2 is 1.79 bits per heavy atom. The lowest BCUT2D eigenvalue weighted by Crippen LogP contribution is -2.47. The summed E-state index contributed by atoms with van der Waals surface area (Å²) in [4.78, 5) is 34.7. The second kappa shape index (κ2) is 10.5. The molecule has 3 heterocycles. The number of rotatable bonds is 5. The third kappa shape index (κ3) is 5.24. The minimum Gasteiger partial charge on any atom is -0.354 e. The first-order chi connectivity index (χ1) is 18.9. The van der Waals surface area contributed by atoms with Gasteiger partial charge in [0.25, 0.3) is 5.91 Å². The van der Waals surface area contributed by atoms with E-state index in [1.54, 1.807) is 18.3 Å². The highest BCUT2D eigenvalue weighted by atomic mass is 35.5. The number of aromatic nitrogens is 1. The summed E-state index contributed by atoms with van der Waals surface area (Å²) in [6.45, 7) is 3.34. The molecule has 2 N–H and O–H groups in total. The summed E-state index contributed by atoms with van der Waals surface area (Å²) < 4.78 is 0. The molecular weight excluding hydrogens is 510 g/mol. The van der Waals surface area contributed by atoms with Gasteiger partial charge in [-0.1, -0.05) is 41.9 Å². The van der Waals surface area contributed by atoms with Gasteiger partial charge in [0.05, 0.1) is 28.9 Å². The maximum absolute atomic E-state index is 13.2. The zero-order valence-electron chi connectivity index (χ0n) is 21.6. The Labute approximate surface area is 232 Å². The number of piperazine rings is 1. The van der Waals surface area contributed by atoms with E-state index >= 15 is 0 Å². The number of hydrogen-bond donors (Lipinski definition) is 2. The van der Waals surface area contributed by atoms with Crippen molar-refractivity contribution in [1.82, 2.24) is 14.8 Å². The summed E-state index contributed by atoms with van der Waals surface area (Å²) in [5.74, 6) is -0.0512. The van der Waals surface area contributed by atoms with Gasteiger partial charge in [-0.15, -0.1) is 0 Å². The van der Waals surface area contributed by atoms with Crippen molar-refractivity contribution in [2.45, 2.75) is 6.42 Å². The van der Waals surface area contributed by atoms with Gasteiger partial charge < -0.3 is 20.4 Å². The molecule has 3 aromatic carbocycles. The first kappa shape index (κ1) is 25.1. The van der Waals surface area contributed by atoms with E-state index in [1.807, 2.05) is 65.6 Å². The van der Waals surface area contributed by atoms with Crippen LogP contribution in [0.3, 0.4) is 0 Å². The predicted molar refractivity (Wildman–Crippen MR) is 156 cm³/mol. The molecule has 1 fully saturated rings. The quantitative estimate of drug-likeness (QED) is 0.345. The summed E-state index contributed by atoms with van der Waals surface area (Å²) >= 11 is 6.20. The topological polar surface area (TPSA) is 77.6 Å². The molecule has 2 aliphatic rings. The maximum atomic E-state index is 13.2. The van der Waals surface area contributed by atoms with Crippen LogP contribution in [-0.4, -0.2) is 59.8 Å². The second-order valence-corrected chi connectivity index (χ2v) is 10.4. The lowest BCUT2D eigenvalue weighted by Gasteiger charge is -2.32. The number of carbonyl (C=O) groups is 2. The van der Waals surface area contributed by atoms with Gasteiger partial charge in [-0.3, -0.25) is 14.6 Å². The highest BCUT2D eigenvalue weighted by molar-refractivity contribution is 6.38. The summed E-state index contributed by atoms with van der Waals surface area (Å²) in [6, 6.07) is 23.1. The Bertz CT molecular complexity index is 1610. The maximum Gasteiger partial charge on any atom is 0.258 e. The number of benzene rings is 3. The van der Waals surface area contributed by atoms with Crippen LogP contribution in [0.25, 0.3) is 22.2 Å². The van der Waals surface area contributed by atoms with Gasteiger partial charge in [0.1, 0.15) is 0 Å². The van der Waals surface area contributed by atoms with Crippen LogP contribution in [0.4, 0.5) is 11.4 Å². The van der Waals surface area contributed by atoms with Crippen LogP contribution in [0.15, 0.2) is 79.0 Å². The summed E-state index contributed by atoms with van der Waals surface area (Å²) in [7, 11) is 2.08. The monoisotopic (exact) mass is 537 g/mol. The number of amides is 2. The lowest BCUT2D eigenvalue weighted by atomic mass is 9.98. The molecular formula is C31H28ClN5O2. The predicted octanol–water partition coefficient (Wildman–Crippen LogP) is 5.14. The van der Waals surface area contributed by atoms with Crippen LogP contribution in [0.5, 0.6) is 0 Å². The summed E-state index contributed by atoms with van der Waals surface area (Å²) in [5, 5.41) is 7.98. The Balaban J connectivity index is 1.32. The average Bonchev–Trinajstić information content (AvgIpc) is 3.27. The van der Waals surface area contributed by atoms with Crippen LogP contribution in [0.1, 0.15) is 16.7 Å². The zero-order chi connectivity index (χ0) is 26.9. The van der Waals surface area contributed by atoms with Crippen molar-refractivity contribution in [3.8, 4) is 0 Å². The molecule has 6 rings (SSSR count). The molecule has 0 atom stereocenters. The average molecular weight is 538 g/mol. The van der Waals surface area contributed by atoms with E-state index in [2.05, 4.69) is 27.6 Å². The molecule has 0 radical (unpaired) electrons. The molecule has 1 saturated heterocycles. The van der Waals surface area contributed by atoms with Crippen LogP contribution < -0.4 is 10.6 Å². The third-order valence-electron chi connectivity index (χ3n) is 7.30. The number of anilines is 2. The fourth-order valence-corrected chi connectivity index (χ4v) is 5.27. The number of nitrogens with one attached hydrogen (secondary N) is 2. The van der Waals surface area contributed by atoms with Crippen LogP contribution in [0, 0.1) is 0 Å². The van der Waals surface area contributed by atoms with Crippen molar-refractivity contribution < 1.29 is 9.59 Å².